The minimum Gasteiger partial charge on any atom is -0.481 e. The van der Waals surface area contributed by atoms with Gasteiger partial charge in [-0.25, -0.2) is 4.79 Å². The molecule has 3 amide bonds. The largest absolute Gasteiger partial charge is 0.481 e. The number of amides is 3. The van der Waals surface area contributed by atoms with Gasteiger partial charge in [0.15, 0.2) is 0 Å². The molecule has 0 heterocycles. The zero-order valence-electron chi connectivity index (χ0n) is 12.9. The first-order chi connectivity index (χ1) is 9.93. The van der Waals surface area contributed by atoms with E-state index in [2.05, 4.69) is 24.5 Å². The monoisotopic (exact) mass is 298 g/mol. The van der Waals surface area contributed by atoms with Gasteiger partial charge >= 0.3 is 12.0 Å². The molecular formula is C15H26N2O4. The lowest BCUT2D eigenvalue weighted by atomic mass is 9.94. The van der Waals surface area contributed by atoms with E-state index in [1.807, 2.05) is 0 Å². The van der Waals surface area contributed by atoms with Crippen LogP contribution in [0.15, 0.2) is 0 Å². The van der Waals surface area contributed by atoms with Gasteiger partial charge in [-0.2, -0.15) is 0 Å². The van der Waals surface area contributed by atoms with Gasteiger partial charge in [0, 0.05) is 18.9 Å². The molecule has 0 aromatic carbocycles. The number of carboxylic acid groups (broad SMARTS) is 1. The van der Waals surface area contributed by atoms with E-state index in [1.54, 1.807) is 0 Å². The lowest BCUT2D eigenvalue weighted by Gasteiger charge is -2.20. The number of hydrogen-bond donors (Lipinski definition) is 3. The van der Waals surface area contributed by atoms with Crippen molar-refractivity contribution in [3.8, 4) is 0 Å². The third kappa shape index (κ3) is 6.14. The summed E-state index contributed by atoms with van der Waals surface area (Å²) in [4.78, 5) is 33.6. The molecule has 1 rings (SSSR count). The normalized spacial score (nSPS) is 24.6. The highest BCUT2D eigenvalue weighted by atomic mass is 16.4. The topological polar surface area (TPSA) is 95.5 Å². The van der Waals surface area contributed by atoms with E-state index >= 15 is 0 Å². The quantitative estimate of drug-likeness (QED) is 0.628. The van der Waals surface area contributed by atoms with Crippen molar-refractivity contribution in [3.05, 3.63) is 0 Å². The standard InChI is InChI=1S/C15H26N2O4/c1-3-11-8-9-12(10(11)2)16-15(21)17-13(18)6-4-5-7-14(19)20/h10-12H,3-9H2,1-2H3,(H,19,20)(H2,16,17,18,21). The summed E-state index contributed by atoms with van der Waals surface area (Å²) in [5.74, 6) is -0.141. The van der Waals surface area contributed by atoms with Crippen LogP contribution in [0, 0.1) is 11.8 Å². The van der Waals surface area contributed by atoms with E-state index in [9.17, 15) is 14.4 Å². The minimum absolute atomic E-state index is 0.0530. The van der Waals surface area contributed by atoms with Crippen LogP contribution in [-0.2, 0) is 9.59 Å². The van der Waals surface area contributed by atoms with Crippen molar-refractivity contribution in [2.75, 3.05) is 0 Å². The van der Waals surface area contributed by atoms with Crippen LogP contribution in [0.5, 0.6) is 0 Å². The molecule has 1 fully saturated rings. The third-order valence-corrected chi connectivity index (χ3v) is 4.37. The predicted molar refractivity (Wildman–Crippen MR) is 78.7 cm³/mol. The number of urea groups is 1. The summed E-state index contributed by atoms with van der Waals surface area (Å²) in [6.07, 6.45) is 4.34. The van der Waals surface area contributed by atoms with Crippen LogP contribution in [-0.4, -0.2) is 29.1 Å². The Kier molecular flexibility index (Phi) is 7.19. The summed E-state index contributed by atoms with van der Waals surface area (Å²) in [7, 11) is 0. The van der Waals surface area contributed by atoms with Crippen LogP contribution in [0.3, 0.4) is 0 Å². The number of carbonyl (C=O) groups excluding carboxylic acids is 2. The molecule has 3 N–H and O–H groups in total. The van der Waals surface area contributed by atoms with Gasteiger partial charge in [0.05, 0.1) is 0 Å². The van der Waals surface area contributed by atoms with Gasteiger partial charge < -0.3 is 10.4 Å². The third-order valence-electron chi connectivity index (χ3n) is 4.37. The van der Waals surface area contributed by atoms with Gasteiger partial charge in [-0.05, 0) is 37.5 Å². The minimum atomic E-state index is -0.867. The molecule has 0 spiro atoms. The predicted octanol–water partition coefficient (Wildman–Crippen LogP) is 2.28. The Hall–Kier alpha value is -1.59. The average molecular weight is 298 g/mol. The highest BCUT2D eigenvalue weighted by Crippen LogP contribution is 2.33. The lowest BCUT2D eigenvalue weighted by molar-refractivity contribution is -0.137. The molecule has 0 aromatic heterocycles. The number of carbonyl (C=O) groups is 3. The van der Waals surface area contributed by atoms with Gasteiger partial charge in [0.2, 0.25) is 5.91 Å². The van der Waals surface area contributed by atoms with Crippen molar-refractivity contribution in [2.24, 2.45) is 11.8 Å². The Morgan fingerprint density at radius 2 is 1.81 bits per heavy atom. The lowest BCUT2D eigenvalue weighted by Crippen LogP contribution is -2.45. The van der Waals surface area contributed by atoms with Crippen molar-refractivity contribution >= 4 is 17.9 Å². The second-order valence-electron chi connectivity index (χ2n) is 5.83. The molecule has 1 saturated carbocycles. The number of rotatable bonds is 7. The number of carboxylic acids is 1. The maximum atomic E-state index is 11.8. The van der Waals surface area contributed by atoms with Gasteiger partial charge in [0.25, 0.3) is 0 Å². The molecule has 3 unspecified atom stereocenters. The van der Waals surface area contributed by atoms with Crippen molar-refractivity contribution in [1.82, 2.24) is 10.6 Å². The molecule has 1 aliphatic rings. The first-order valence-corrected chi connectivity index (χ1v) is 7.76. The van der Waals surface area contributed by atoms with E-state index in [0.717, 1.165) is 19.3 Å². The molecular weight excluding hydrogens is 272 g/mol. The summed E-state index contributed by atoms with van der Waals surface area (Å²) >= 11 is 0. The molecule has 1 aliphatic carbocycles. The summed E-state index contributed by atoms with van der Waals surface area (Å²) in [6.45, 7) is 4.30. The second kappa shape index (κ2) is 8.64. The maximum Gasteiger partial charge on any atom is 0.321 e. The van der Waals surface area contributed by atoms with Crippen molar-refractivity contribution in [2.45, 2.75) is 64.8 Å². The molecule has 0 radical (unpaired) electrons. The zero-order chi connectivity index (χ0) is 15.8. The summed E-state index contributed by atoms with van der Waals surface area (Å²) in [5, 5.41) is 13.7. The van der Waals surface area contributed by atoms with Crippen molar-refractivity contribution in [3.63, 3.8) is 0 Å². The van der Waals surface area contributed by atoms with Crippen LogP contribution in [0.1, 0.15) is 58.8 Å². The Bertz CT molecular complexity index is 384. The fourth-order valence-corrected chi connectivity index (χ4v) is 2.98. The highest BCUT2D eigenvalue weighted by Gasteiger charge is 2.32. The van der Waals surface area contributed by atoms with Gasteiger partial charge in [0.1, 0.15) is 0 Å². The van der Waals surface area contributed by atoms with E-state index in [4.69, 9.17) is 5.11 Å². The van der Waals surface area contributed by atoms with E-state index in [-0.39, 0.29) is 24.8 Å². The molecule has 6 heteroatoms. The summed E-state index contributed by atoms with van der Waals surface area (Å²) in [5.41, 5.74) is 0. The van der Waals surface area contributed by atoms with E-state index < -0.39 is 12.0 Å². The number of unbranched alkanes of at least 4 members (excludes halogenated alkanes) is 1. The molecule has 21 heavy (non-hydrogen) atoms. The van der Waals surface area contributed by atoms with E-state index in [0.29, 0.717) is 24.7 Å². The molecule has 0 bridgehead atoms. The zero-order valence-corrected chi connectivity index (χ0v) is 12.9. The number of imide groups is 1. The maximum absolute atomic E-state index is 11.8. The first kappa shape index (κ1) is 17.5. The van der Waals surface area contributed by atoms with E-state index in [1.165, 1.54) is 0 Å². The Morgan fingerprint density at radius 3 is 2.38 bits per heavy atom. The molecule has 3 atom stereocenters. The van der Waals surface area contributed by atoms with Crippen molar-refractivity contribution < 1.29 is 19.5 Å². The smallest absolute Gasteiger partial charge is 0.321 e. The number of hydrogen-bond acceptors (Lipinski definition) is 3. The highest BCUT2D eigenvalue weighted by molar-refractivity contribution is 5.94. The fraction of sp³-hybridized carbons (Fsp3) is 0.800. The van der Waals surface area contributed by atoms with Crippen LogP contribution >= 0.6 is 0 Å². The Morgan fingerprint density at radius 1 is 1.14 bits per heavy atom. The first-order valence-electron chi connectivity index (χ1n) is 7.76. The number of aliphatic carboxylic acids is 1. The molecule has 6 nitrogen and oxygen atoms in total. The SMILES string of the molecule is CCC1CCC(NC(=O)NC(=O)CCCCC(=O)O)C1C. The van der Waals surface area contributed by atoms with Crippen molar-refractivity contribution in [1.29, 1.82) is 0 Å². The van der Waals surface area contributed by atoms with Crippen LogP contribution in [0.4, 0.5) is 4.79 Å². The molecule has 120 valence electrons. The van der Waals surface area contributed by atoms with Gasteiger partial charge in [-0.15, -0.1) is 0 Å². The molecule has 0 saturated heterocycles. The second-order valence-corrected chi connectivity index (χ2v) is 5.83. The summed E-state index contributed by atoms with van der Waals surface area (Å²) in [6, 6.07) is -0.304. The van der Waals surface area contributed by atoms with Crippen LogP contribution in [0.2, 0.25) is 0 Å². The molecule has 0 aliphatic heterocycles. The summed E-state index contributed by atoms with van der Waals surface area (Å²) < 4.78 is 0. The molecule has 0 aromatic rings. The average Bonchev–Trinajstić information content (AvgIpc) is 2.75. The number of nitrogens with one attached hydrogen (secondary N) is 2. The van der Waals surface area contributed by atoms with Crippen LogP contribution in [0.25, 0.3) is 0 Å². The van der Waals surface area contributed by atoms with Gasteiger partial charge in [-0.1, -0.05) is 20.3 Å². The van der Waals surface area contributed by atoms with Crippen LogP contribution < -0.4 is 10.6 Å². The Labute approximate surface area is 125 Å². The fourth-order valence-electron chi connectivity index (χ4n) is 2.98. The van der Waals surface area contributed by atoms with Gasteiger partial charge in [-0.3, -0.25) is 14.9 Å². The Balaban J connectivity index is 2.21.